The van der Waals surface area contributed by atoms with Crippen molar-refractivity contribution >= 4 is 5.84 Å². The molecule has 3 saturated carbocycles. The van der Waals surface area contributed by atoms with Crippen molar-refractivity contribution in [2.24, 2.45) is 11.8 Å². The minimum absolute atomic E-state index is 0.762. The second-order valence-corrected chi connectivity index (χ2v) is 5.33. The summed E-state index contributed by atoms with van der Waals surface area (Å²) in [5, 5.41) is 7.95. The number of fused-ring (bicyclic) bond motifs is 3. The topological polar surface area (TPSA) is 27.1 Å². The SMILES string of the molecule is N=C1CCCN1C1CC2CCC1CC2. The Labute approximate surface area is 86.2 Å². The Bertz CT molecular complexity index is 241. The molecule has 4 fully saturated rings. The standard InChI is InChI=1S/C12H20N2/c13-12-2-1-7-14(12)11-8-9-3-5-10(11)6-4-9/h9-11,13H,1-8H2. The van der Waals surface area contributed by atoms with Crippen LogP contribution in [0.3, 0.4) is 0 Å². The van der Waals surface area contributed by atoms with Gasteiger partial charge in [0.15, 0.2) is 0 Å². The smallest absolute Gasteiger partial charge is 0.0960 e. The second kappa shape index (κ2) is 3.25. The monoisotopic (exact) mass is 192 g/mol. The van der Waals surface area contributed by atoms with Crippen LogP contribution in [0.1, 0.15) is 44.9 Å². The zero-order chi connectivity index (χ0) is 9.54. The highest BCUT2D eigenvalue weighted by Gasteiger charge is 2.40. The molecule has 1 atom stereocenters. The molecule has 4 aliphatic rings. The minimum atomic E-state index is 0.762. The van der Waals surface area contributed by atoms with Crippen molar-refractivity contribution in [1.29, 1.82) is 5.41 Å². The van der Waals surface area contributed by atoms with Crippen LogP contribution in [-0.2, 0) is 0 Å². The van der Waals surface area contributed by atoms with E-state index in [0.29, 0.717) is 0 Å². The summed E-state index contributed by atoms with van der Waals surface area (Å²) in [5.41, 5.74) is 0. The highest BCUT2D eigenvalue weighted by molar-refractivity contribution is 5.81. The highest BCUT2D eigenvalue weighted by atomic mass is 15.2. The van der Waals surface area contributed by atoms with Crippen LogP contribution in [0.15, 0.2) is 0 Å². The lowest BCUT2D eigenvalue weighted by Crippen LogP contribution is -2.47. The summed E-state index contributed by atoms with van der Waals surface area (Å²) < 4.78 is 0. The van der Waals surface area contributed by atoms with E-state index in [1.807, 2.05) is 0 Å². The Morgan fingerprint density at radius 2 is 1.93 bits per heavy atom. The van der Waals surface area contributed by atoms with Gasteiger partial charge in [-0.15, -0.1) is 0 Å². The summed E-state index contributed by atoms with van der Waals surface area (Å²) in [6.07, 6.45) is 9.50. The fraction of sp³-hybridized carbons (Fsp3) is 0.917. The van der Waals surface area contributed by atoms with Crippen LogP contribution in [-0.4, -0.2) is 23.3 Å². The van der Waals surface area contributed by atoms with Gasteiger partial charge in [0.25, 0.3) is 0 Å². The fourth-order valence-electron chi connectivity index (χ4n) is 3.79. The quantitative estimate of drug-likeness (QED) is 0.679. The molecular weight excluding hydrogens is 172 g/mol. The second-order valence-electron chi connectivity index (χ2n) is 5.33. The van der Waals surface area contributed by atoms with Crippen molar-refractivity contribution in [1.82, 2.24) is 4.90 Å². The molecule has 1 heterocycles. The fourth-order valence-corrected chi connectivity index (χ4v) is 3.79. The Hall–Kier alpha value is -0.530. The molecule has 0 radical (unpaired) electrons. The summed E-state index contributed by atoms with van der Waals surface area (Å²) in [6.45, 7) is 1.17. The maximum absolute atomic E-state index is 7.95. The molecule has 4 rings (SSSR count). The van der Waals surface area contributed by atoms with Crippen LogP contribution in [0.2, 0.25) is 0 Å². The van der Waals surface area contributed by atoms with Crippen molar-refractivity contribution < 1.29 is 0 Å². The Morgan fingerprint density at radius 1 is 1.14 bits per heavy atom. The number of nitrogens with zero attached hydrogens (tertiary/aromatic N) is 1. The molecule has 1 unspecified atom stereocenters. The van der Waals surface area contributed by atoms with Crippen LogP contribution in [0, 0.1) is 17.2 Å². The van der Waals surface area contributed by atoms with Crippen LogP contribution in [0.25, 0.3) is 0 Å². The molecule has 0 aromatic heterocycles. The van der Waals surface area contributed by atoms with Gasteiger partial charge in [0.05, 0.1) is 5.84 Å². The maximum Gasteiger partial charge on any atom is 0.0960 e. The third-order valence-corrected chi connectivity index (χ3v) is 4.57. The normalized spacial score (nSPS) is 42.1. The average Bonchev–Trinajstić information content (AvgIpc) is 2.66. The van der Waals surface area contributed by atoms with E-state index in [4.69, 9.17) is 5.41 Å². The molecule has 0 spiro atoms. The van der Waals surface area contributed by atoms with Gasteiger partial charge in [-0.3, -0.25) is 5.41 Å². The molecule has 1 saturated heterocycles. The van der Waals surface area contributed by atoms with Gasteiger partial charge in [-0.2, -0.15) is 0 Å². The zero-order valence-electron chi connectivity index (χ0n) is 8.84. The molecule has 0 aromatic rings. The molecule has 14 heavy (non-hydrogen) atoms. The van der Waals surface area contributed by atoms with E-state index in [2.05, 4.69) is 4.90 Å². The molecule has 2 heteroatoms. The van der Waals surface area contributed by atoms with E-state index < -0.39 is 0 Å². The molecule has 2 bridgehead atoms. The molecule has 0 amide bonds. The third kappa shape index (κ3) is 1.27. The maximum atomic E-state index is 7.95. The summed E-state index contributed by atoms with van der Waals surface area (Å²) in [7, 11) is 0. The van der Waals surface area contributed by atoms with Gasteiger partial charge in [-0.05, 0) is 37.5 Å². The number of likely N-dealkylation sites (tertiary alicyclic amines) is 1. The molecular formula is C12H20N2. The first-order chi connectivity index (χ1) is 6.84. The van der Waals surface area contributed by atoms with E-state index in [-0.39, 0.29) is 0 Å². The number of hydrogen-bond donors (Lipinski definition) is 1. The van der Waals surface area contributed by atoms with E-state index in [9.17, 15) is 0 Å². The van der Waals surface area contributed by atoms with Gasteiger partial charge in [0.2, 0.25) is 0 Å². The first-order valence-electron chi connectivity index (χ1n) is 6.18. The largest absolute Gasteiger partial charge is 0.357 e. The third-order valence-electron chi connectivity index (χ3n) is 4.57. The Balaban J connectivity index is 1.75. The molecule has 3 aliphatic carbocycles. The van der Waals surface area contributed by atoms with Crippen LogP contribution in [0.4, 0.5) is 0 Å². The molecule has 1 N–H and O–H groups in total. The lowest BCUT2D eigenvalue weighted by molar-refractivity contribution is 0.0765. The minimum Gasteiger partial charge on any atom is -0.357 e. The molecule has 0 aromatic carbocycles. The van der Waals surface area contributed by atoms with Gasteiger partial charge in [0.1, 0.15) is 0 Å². The number of hydrogen-bond acceptors (Lipinski definition) is 1. The zero-order valence-corrected chi connectivity index (χ0v) is 8.84. The predicted molar refractivity (Wildman–Crippen MR) is 57.5 cm³/mol. The molecule has 1 aliphatic heterocycles. The first kappa shape index (κ1) is 8.75. The van der Waals surface area contributed by atoms with Gasteiger partial charge in [0, 0.05) is 19.0 Å². The van der Waals surface area contributed by atoms with Crippen LogP contribution in [0.5, 0.6) is 0 Å². The summed E-state index contributed by atoms with van der Waals surface area (Å²) in [5.74, 6) is 2.86. The summed E-state index contributed by atoms with van der Waals surface area (Å²) >= 11 is 0. The van der Waals surface area contributed by atoms with E-state index in [1.165, 1.54) is 45.1 Å². The Morgan fingerprint density at radius 3 is 2.43 bits per heavy atom. The van der Waals surface area contributed by atoms with Crippen molar-refractivity contribution in [3.8, 4) is 0 Å². The predicted octanol–water partition coefficient (Wildman–Crippen LogP) is 2.64. The van der Waals surface area contributed by atoms with Gasteiger partial charge >= 0.3 is 0 Å². The first-order valence-corrected chi connectivity index (χ1v) is 6.18. The summed E-state index contributed by atoms with van der Waals surface area (Å²) in [6, 6.07) is 0.762. The number of amidine groups is 1. The molecule has 2 nitrogen and oxygen atoms in total. The Kier molecular flexibility index (Phi) is 2.03. The number of rotatable bonds is 1. The summed E-state index contributed by atoms with van der Waals surface area (Å²) in [4.78, 5) is 2.43. The van der Waals surface area contributed by atoms with Crippen molar-refractivity contribution in [2.45, 2.75) is 51.0 Å². The lowest BCUT2D eigenvalue weighted by Gasteiger charge is -2.46. The van der Waals surface area contributed by atoms with E-state index in [0.717, 1.165) is 30.1 Å². The van der Waals surface area contributed by atoms with E-state index >= 15 is 0 Å². The van der Waals surface area contributed by atoms with E-state index in [1.54, 1.807) is 0 Å². The van der Waals surface area contributed by atoms with Crippen LogP contribution < -0.4 is 0 Å². The van der Waals surface area contributed by atoms with Crippen molar-refractivity contribution in [3.05, 3.63) is 0 Å². The van der Waals surface area contributed by atoms with Gasteiger partial charge in [-0.25, -0.2) is 0 Å². The van der Waals surface area contributed by atoms with Crippen molar-refractivity contribution in [3.63, 3.8) is 0 Å². The highest BCUT2D eigenvalue weighted by Crippen LogP contribution is 2.44. The van der Waals surface area contributed by atoms with Gasteiger partial charge < -0.3 is 4.90 Å². The average molecular weight is 192 g/mol. The lowest BCUT2D eigenvalue weighted by atomic mass is 9.67. The van der Waals surface area contributed by atoms with Gasteiger partial charge in [-0.1, -0.05) is 12.8 Å². The molecule has 78 valence electrons. The van der Waals surface area contributed by atoms with Crippen LogP contribution >= 0.6 is 0 Å². The van der Waals surface area contributed by atoms with Crippen molar-refractivity contribution in [2.75, 3.05) is 6.54 Å². The number of nitrogens with one attached hydrogen (secondary N) is 1.